The summed E-state index contributed by atoms with van der Waals surface area (Å²) in [6.07, 6.45) is 1.40. The van der Waals surface area contributed by atoms with Crippen LogP contribution in [0.1, 0.15) is 34.8 Å². The van der Waals surface area contributed by atoms with E-state index < -0.39 is 0 Å². The van der Waals surface area contributed by atoms with E-state index in [-0.39, 0.29) is 18.6 Å². The third-order valence-corrected chi connectivity index (χ3v) is 3.62. The van der Waals surface area contributed by atoms with Crippen molar-refractivity contribution in [1.82, 2.24) is 5.32 Å². The zero-order chi connectivity index (χ0) is 13.5. The molecule has 2 N–H and O–H groups in total. The van der Waals surface area contributed by atoms with Gasteiger partial charge in [-0.15, -0.1) is 0 Å². The summed E-state index contributed by atoms with van der Waals surface area (Å²) in [6, 6.07) is 11.6. The molecule has 0 aliphatic carbocycles. The van der Waals surface area contributed by atoms with Crippen molar-refractivity contribution in [1.29, 1.82) is 0 Å². The number of rotatable bonds is 6. The van der Waals surface area contributed by atoms with Gasteiger partial charge < -0.3 is 10.4 Å². The third kappa shape index (κ3) is 3.91. The second-order valence-electron chi connectivity index (χ2n) is 4.31. The summed E-state index contributed by atoms with van der Waals surface area (Å²) in [5.41, 5.74) is 1.76. The number of carbonyl (C=O) groups excluding carboxylic acids is 1. The van der Waals surface area contributed by atoms with Crippen molar-refractivity contribution in [2.24, 2.45) is 0 Å². The first kappa shape index (κ1) is 13.8. The molecule has 2 rings (SSSR count). The van der Waals surface area contributed by atoms with E-state index in [0.717, 1.165) is 12.0 Å². The molecule has 0 aliphatic heterocycles. The number of aliphatic hydroxyl groups excluding tert-OH is 1. The van der Waals surface area contributed by atoms with Gasteiger partial charge in [0.15, 0.2) is 0 Å². The summed E-state index contributed by atoms with van der Waals surface area (Å²) < 4.78 is 0. The van der Waals surface area contributed by atoms with Gasteiger partial charge in [-0.3, -0.25) is 4.79 Å². The number of benzene rings is 1. The summed E-state index contributed by atoms with van der Waals surface area (Å²) in [6.45, 7) is 0.137. The Morgan fingerprint density at radius 1 is 1.26 bits per heavy atom. The molecule has 3 nitrogen and oxygen atoms in total. The summed E-state index contributed by atoms with van der Waals surface area (Å²) in [5, 5.41) is 15.7. The van der Waals surface area contributed by atoms with Crippen LogP contribution < -0.4 is 5.32 Å². The van der Waals surface area contributed by atoms with Crippen LogP contribution in [-0.2, 0) is 0 Å². The van der Waals surface area contributed by atoms with Gasteiger partial charge in [0.05, 0.1) is 11.6 Å². The topological polar surface area (TPSA) is 49.3 Å². The molecule has 1 aromatic heterocycles. The summed E-state index contributed by atoms with van der Waals surface area (Å²) in [5.74, 6) is -0.0620. The van der Waals surface area contributed by atoms with Gasteiger partial charge in [0.2, 0.25) is 0 Å². The maximum atomic E-state index is 12.1. The number of carbonyl (C=O) groups is 1. The highest BCUT2D eigenvalue weighted by atomic mass is 32.1. The molecule has 0 spiro atoms. The molecule has 1 amide bonds. The molecule has 0 saturated heterocycles. The highest BCUT2D eigenvalue weighted by molar-refractivity contribution is 7.08. The minimum absolute atomic E-state index is 0.0549. The van der Waals surface area contributed by atoms with Crippen molar-refractivity contribution in [3.05, 3.63) is 58.3 Å². The number of hydrogen-bond donors (Lipinski definition) is 2. The monoisotopic (exact) mass is 275 g/mol. The smallest absolute Gasteiger partial charge is 0.252 e. The van der Waals surface area contributed by atoms with Crippen molar-refractivity contribution >= 4 is 17.2 Å². The molecule has 0 saturated carbocycles. The van der Waals surface area contributed by atoms with Gasteiger partial charge in [-0.05, 0) is 29.9 Å². The molecule has 0 bridgehead atoms. The van der Waals surface area contributed by atoms with Crippen LogP contribution in [0.25, 0.3) is 0 Å². The van der Waals surface area contributed by atoms with Crippen LogP contribution in [0.15, 0.2) is 47.2 Å². The Labute approximate surface area is 116 Å². The first-order chi connectivity index (χ1) is 9.31. The molecule has 100 valence electrons. The highest BCUT2D eigenvalue weighted by Crippen LogP contribution is 2.19. The molecule has 19 heavy (non-hydrogen) atoms. The van der Waals surface area contributed by atoms with Gasteiger partial charge in [-0.2, -0.15) is 11.3 Å². The zero-order valence-electron chi connectivity index (χ0n) is 10.6. The van der Waals surface area contributed by atoms with Crippen LogP contribution in [-0.4, -0.2) is 17.6 Å². The highest BCUT2D eigenvalue weighted by Gasteiger charge is 2.15. The summed E-state index contributed by atoms with van der Waals surface area (Å²) in [4.78, 5) is 12.1. The van der Waals surface area contributed by atoms with E-state index in [1.54, 1.807) is 0 Å². The largest absolute Gasteiger partial charge is 0.396 e. The van der Waals surface area contributed by atoms with E-state index >= 15 is 0 Å². The number of hydrogen-bond acceptors (Lipinski definition) is 3. The minimum atomic E-state index is -0.0620. The molecule has 0 radical (unpaired) electrons. The van der Waals surface area contributed by atoms with Gasteiger partial charge in [0.25, 0.3) is 5.91 Å². The molecule has 2 aromatic rings. The summed E-state index contributed by atoms with van der Waals surface area (Å²) >= 11 is 1.51. The molecule has 1 atom stereocenters. The fourth-order valence-electron chi connectivity index (χ4n) is 1.94. The fourth-order valence-corrected chi connectivity index (χ4v) is 2.57. The van der Waals surface area contributed by atoms with E-state index in [1.807, 2.05) is 47.2 Å². The third-order valence-electron chi connectivity index (χ3n) is 2.94. The maximum Gasteiger partial charge on any atom is 0.252 e. The van der Waals surface area contributed by atoms with Crippen LogP contribution in [0.5, 0.6) is 0 Å². The standard InChI is InChI=1S/C15H17NO2S/c17-9-4-7-14(12-5-2-1-3-6-12)16-15(18)13-8-10-19-11-13/h1-3,5-6,8,10-11,14,17H,4,7,9H2,(H,16,18). The lowest BCUT2D eigenvalue weighted by atomic mass is 10.0. The molecule has 4 heteroatoms. The Hall–Kier alpha value is -1.65. The Kier molecular flexibility index (Phi) is 5.12. The first-order valence-corrected chi connectivity index (χ1v) is 7.24. The second kappa shape index (κ2) is 7.07. The van der Waals surface area contributed by atoms with E-state index in [0.29, 0.717) is 12.0 Å². The van der Waals surface area contributed by atoms with Crippen molar-refractivity contribution in [3.63, 3.8) is 0 Å². The van der Waals surface area contributed by atoms with E-state index in [2.05, 4.69) is 5.32 Å². The molecule has 0 aliphatic rings. The Morgan fingerprint density at radius 3 is 2.68 bits per heavy atom. The number of aliphatic hydroxyl groups is 1. The van der Waals surface area contributed by atoms with Crippen LogP contribution >= 0.6 is 11.3 Å². The predicted octanol–water partition coefficient (Wildman–Crippen LogP) is 2.99. The van der Waals surface area contributed by atoms with Crippen molar-refractivity contribution in [2.75, 3.05) is 6.61 Å². The quantitative estimate of drug-likeness (QED) is 0.851. The molecular weight excluding hydrogens is 258 g/mol. The normalized spacial score (nSPS) is 12.1. The lowest BCUT2D eigenvalue weighted by Gasteiger charge is -2.18. The van der Waals surface area contributed by atoms with E-state index in [4.69, 9.17) is 5.11 Å². The molecule has 1 aromatic carbocycles. The second-order valence-corrected chi connectivity index (χ2v) is 5.09. The SMILES string of the molecule is O=C(NC(CCCO)c1ccccc1)c1ccsc1. The van der Waals surface area contributed by atoms with Crippen LogP contribution in [0.4, 0.5) is 0 Å². The Balaban J connectivity index is 2.08. The average molecular weight is 275 g/mol. The Morgan fingerprint density at radius 2 is 2.05 bits per heavy atom. The minimum Gasteiger partial charge on any atom is -0.396 e. The van der Waals surface area contributed by atoms with E-state index in [9.17, 15) is 4.79 Å². The molecular formula is C15H17NO2S. The Bertz CT molecular complexity index is 496. The lowest BCUT2D eigenvalue weighted by Crippen LogP contribution is -2.28. The number of nitrogens with one attached hydrogen (secondary N) is 1. The van der Waals surface area contributed by atoms with Gasteiger partial charge >= 0.3 is 0 Å². The van der Waals surface area contributed by atoms with E-state index in [1.165, 1.54) is 11.3 Å². The van der Waals surface area contributed by atoms with Gasteiger partial charge in [-0.1, -0.05) is 30.3 Å². The zero-order valence-corrected chi connectivity index (χ0v) is 11.4. The lowest BCUT2D eigenvalue weighted by molar-refractivity contribution is 0.0933. The van der Waals surface area contributed by atoms with Crippen molar-refractivity contribution < 1.29 is 9.90 Å². The molecule has 1 unspecified atom stereocenters. The molecule has 1 heterocycles. The van der Waals surface area contributed by atoms with Crippen LogP contribution in [0.2, 0.25) is 0 Å². The number of amides is 1. The van der Waals surface area contributed by atoms with Gasteiger partial charge in [0, 0.05) is 12.0 Å². The molecule has 0 fully saturated rings. The predicted molar refractivity (Wildman–Crippen MR) is 77.3 cm³/mol. The average Bonchev–Trinajstić information content (AvgIpc) is 2.98. The first-order valence-electron chi connectivity index (χ1n) is 6.30. The summed E-state index contributed by atoms with van der Waals surface area (Å²) in [7, 11) is 0. The van der Waals surface area contributed by atoms with Crippen molar-refractivity contribution in [3.8, 4) is 0 Å². The van der Waals surface area contributed by atoms with Gasteiger partial charge in [0.1, 0.15) is 0 Å². The van der Waals surface area contributed by atoms with Crippen LogP contribution in [0, 0.1) is 0 Å². The van der Waals surface area contributed by atoms with Crippen LogP contribution in [0.3, 0.4) is 0 Å². The maximum absolute atomic E-state index is 12.1. The van der Waals surface area contributed by atoms with Crippen molar-refractivity contribution in [2.45, 2.75) is 18.9 Å². The van der Waals surface area contributed by atoms with Gasteiger partial charge in [-0.25, -0.2) is 0 Å². The fraction of sp³-hybridized carbons (Fsp3) is 0.267. The number of thiophene rings is 1.